The van der Waals surface area contributed by atoms with Gasteiger partial charge in [-0.3, -0.25) is 4.79 Å². The normalized spacial score (nSPS) is 10.6. The quantitative estimate of drug-likeness (QED) is 0.645. The highest BCUT2D eigenvalue weighted by Gasteiger charge is 2.10. The van der Waals surface area contributed by atoms with E-state index in [9.17, 15) is 4.79 Å². The van der Waals surface area contributed by atoms with E-state index in [1.165, 1.54) is 0 Å². The van der Waals surface area contributed by atoms with E-state index in [-0.39, 0.29) is 5.91 Å². The summed E-state index contributed by atoms with van der Waals surface area (Å²) in [6.45, 7) is 4.12. The van der Waals surface area contributed by atoms with Crippen LogP contribution in [0.3, 0.4) is 0 Å². The molecule has 0 aliphatic carbocycles. The minimum atomic E-state index is -0.00748. The third kappa shape index (κ3) is 5.66. The summed E-state index contributed by atoms with van der Waals surface area (Å²) >= 11 is 0. The van der Waals surface area contributed by atoms with Crippen molar-refractivity contribution in [1.82, 2.24) is 20.8 Å². The van der Waals surface area contributed by atoms with E-state index in [2.05, 4.69) is 20.8 Å². The zero-order valence-electron chi connectivity index (χ0n) is 14.2. The van der Waals surface area contributed by atoms with Crippen molar-refractivity contribution in [3.8, 4) is 17.1 Å². The lowest BCUT2D eigenvalue weighted by Gasteiger charge is -2.03. The Morgan fingerprint density at radius 1 is 1.25 bits per heavy atom. The van der Waals surface area contributed by atoms with E-state index in [0.717, 1.165) is 24.3 Å². The van der Waals surface area contributed by atoms with Gasteiger partial charge in [0.25, 0.3) is 0 Å². The lowest BCUT2D eigenvalue weighted by molar-refractivity contribution is -0.121. The van der Waals surface area contributed by atoms with E-state index in [0.29, 0.717) is 37.7 Å². The number of nitrogens with zero attached hydrogens (tertiary/aromatic N) is 2. The van der Waals surface area contributed by atoms with Crippen molar-refractivity contribution in [3.05, 3.63) is 30.2 Å². The molecule has 0 aliphatic heterocycles. The molecule has 2 N–H and O–H groups in total. The molecule has 130 valence electrons. The van der Waals surface area contributed by atoms with Crippen LogP contribution in [0.25, 0.3) is 11.4 Å². The number of nitrogens with one attached hydrogen (secondary N) is 2. The smallest absolute Gasteiger partial charge is 0.227 e. The SMILES string of the molecule is CCOc1ccc(-c2noc(CCC(=O)NCCCNC)n2)cc1. The molecule has 0 atom stereocenters. The number of carbonyl (C=O) groups excluding carboxylic acids is 1. The minimum absolute atomic E-state index is 0.00748. The number of benzene rings is 1. The number of rotatable bonds is 10. The van der Waals surface area contributed by atoms with Gasteiger partial charge in [0, 0.05) is 24.9 Å². The Labute approximate surface area is 141 Å². The Bertz CT molecular complexity index is 625. The second kappa shape index (κ2) is 9.67. The molecular weight excluding hydrogens is 308 g/mol. The first-order valence-electron chi connectivity index (χ1n) is 8.20. The molecule has 0 saturated heterocycles. The van der Waals surface area contributed by atoms with Gasteiger partial charge in [-0.1, -0.05) is 5.16 Å². The fourth-order valence-corrected chi connectivity index (χ4v) is 2.14. The summed E-state index contributed by atoms with van der Waals surface area (Å²) in [5.41, 5.74) is 0.852. The lowest BCUT2D eigenvalue weighted by atomic mass is 10.2. The van der Waals surface area contributed by atoms with E-state index < -0.39 is 0 Å². The molecule has 2 rings (SSSR count). The lowest BCUT2D eigenvalue weighted by Crippen LogP contribution is -2.26. The van der Waals surface area contributed by atoms with E-state index >= 15 is 0 Å². The minimum Gasteiger partial charge on any atom is -0.494 e. The van der Waals surface area contributed by atoms with Gasteiger partial charge in [-0.05, 0) is 51.2 Å². The van der Waals surface area contributed by atoms with Crippen molar-refractivity contribution in [2.24, 2.45) is 0 Å². The van der Waals surface area contributed by atoms with Crippen LogP contribution in [0, 0.1) is 0 Å². The van der Waals surface area contributed by atoms with Crippen LogP contribution < -0.4 is 15.4 Å². The molecular formula is C17H24N4O3. The monoisotopic (exact) mass is 332 g/mol. The number of hydrogen-bond donors (Lipinski definition) is 2. The van der Waals surface area contributed by atoms with Crippen LogP contribution in [0.1, 0.15) is 25.7 Å². The predicted molar refractivity (Wildman–Crippen MR) is 90.8 cm³/mol. The molecule has 1 amide bonds. The van der Waals surface area contributed by atoms with Gasteiger partial charge >= 0.3 is 0 Å². The molecule has 7 heteroatoms. The number of ether oxygens (including phenoxy) is 1. The first-order chi connectivity index (χ1) is 11.7. The van der Waals surface area contributed by atoms with Gasteiger partial charge in [0.05, 0.1) is 6.61 Å². The molecule has 1 heterocycles. The molecule has 1 aromatic carbocycles. The molecule has 0 radical (unpaired) electrons. The summed E-state index contributed by atoms with van der Waals surface area (Å²) in [5, 5.41) is 9.86. The van der Waals surface area contributed by atoms with E-state index in [1.807, 2.05) is 38.2 Å². The average molecular weight is 332 g/mol. The van der Waals surface area contributed by atoms with Crippen molar-refractivity contribution in [3.63, 3.8) is 0 Å². The summed E-state index contributed by atoms with van der Waals surface area (Å²) in [6.07, 6.45) is 1.68. The van der Waals surface area contributed by atoms with Gasteiger partial charge in [0.2, 0.25) is 17.6 Å². The van der Waals surface area contributed by atoms with Gasteiger partial charge in [-0.2, -0.15) is 4.98 Å². The average Bonchev–Trinajstić information content (AvgIpc) is 3.07. The summed E-state index contributed by atoms with van der Waals surface area (Å²) in [7, 11) is 1.89. The predicted octanol–water partition coefficient (Wildman–Crippen LogP) is 1.79. The van der Waals surface area contributed by atoms with Crippen molar-refractivity contribution >= 4 is 5.91 Å². The van der Waals surface area contributed by atoms with E-state index in [1.54, 1.807) is 0 Å². The van der Waals surface area contributed by atoms with Crippen LogP contribution >= 0.6 is 0 Å². The molecule has 0 aliphatic rings. The summed E-state index contributed by atoms with van der Waals surface area (Å²) < 4.78 is 10.6. The van der Waals surface area contributed by atoms with Crippen molar-refractivity contribution < 1.29 is 14.1 Å². The topological polar surface area (TPSA) is 89.3 Å². The molecule has 24 heavy (non-hydrogen) atoms. The summed E-state index contributed by atoms with van der Waals surface area (Å²) in [6, 6.07) is 7.50. The van der Waals surface area contributed by atoms with Crippen LogP contribution in [-0.2, 0) is 11.2 Å². The largest absolute Gasteiger partial charge is 0.494 e. The van der Waals surface area contributed by atoms with Crippen molar-refractivity contribution in [1.29, 1.82) is 0 Å². The fraction of sp³-hybridized carbons (Fsp3) is 0.471. The zero-order valence-corrected chi connectivity index (χ0v) is 14.2. The number of carbonyl (C=O) groups is 1. The zero-order chi connectivity index (χ0) is 17.2. The highest BCUT2D eigenvalue weighted by Crippen LogP contribution is 2.20. The Hall–Kier alpha value is -2.41. The van der Waals surface area contributed by atoms with Crippen LogP contribution in [0.2, 0.25) is 0 Å². The molecule has 1 aromatic heterocycles. The number of hydrogen-bond acceptors (Lipinski definition) is 6. The number of aryl methyl sites for hydroxylation is 1. The van der Waals surface area contributed by atoms with Crippen LogP contribution in [0.4, 0.5) is 0 Å². The second-order valence-electron chi connectivity index (χ2n) is 5.28. The third-order valence-corrected chi connectivity index (χ3v) is 3.38. The van der Waals surface area contributed by atoms with Gasteiger partial charge in [-0.15, -0.1) is 0 Å². The number of aromatic nitrogens is 2. The van der Waals surface area contributed by atoms with Gasteiger partial charge in [0.15, 0.2) is 0 Å². The first-order valence-corrected chi connectivity index (χ1v) is 8.20. The maximum Gasteiger partial charge on any atom is 0.227 e. The van der Waals surface area contributed by atoms with Crippen LogP contribution in [-0.4, -0.2) is 42.8 Å². The van der Waals surface area contributed by atoms with Crippen molar-refractivity contribution in [2.45, 2.75) is 26.2 Å². The molecule has 0 saturated carbocycles. The maximum atomic E-state index is 11.7. The third-order valence-electron chi connectivity index (χ3n) is 3.38. The second-order valence-corrected chi connectivity index (χ2v) is 5.28. The van der Waals surface area contributed by atoms with Crippen LogP contribution in [0.5, 0.6) is 5.75 Å². The molecule has 0 fully saturated rings. The molecule has 7 nitrogen and oxygen atoms in total. The van der Waals surface area contributed by atoms with Crippen molar-refractivity contribution in [2.75, 3.05) is 26.7 Å². The van der Waals surface area contributed by atoms with Crippen LogP contribution in [0.15, 0.2) is 28.8 Å². The van der Waals surface area contributed by atoms with Gasteiger partial charge in [-0.25, -0.2) is 0 Å². The highest BCUT2D eigenvalue weighted by atomic mass is 16.5. The summed E-state index contributed by atoms with van der Waals surface area (Å²) in [5.74, 6) is 1.78. The van der Waals surface area contributed by atoms with E-state index in [4.69, 9.17) is 9.26 Å². The summed E-state index contributed by atoms with van der Waals surface area (Å²) in [4.78, 5) is 16.0. The Morgan fingerprint density at radius 3 is 2.75 bits per heavy atom. The highest BCUT2D eigenvalue weighted by molar-refractivity contribution is 5.75. The molecule has 0 bridgehead atoms. The Morgan fingerprint density at radius 2 is 2.04 bits per heavy atom. The Kier molecular flexibility index (Phi) is 7.22. The molecule has 2 aromatic rings. The van der Waals surface area contributed by atoms with Gasteiger partial charge in [0.1, 0.15) is 5.75 Å². The molecule has 0 spiro atoms. The number of amides is 1. The van der Waals surface area contributed by atoms with Gasteiger partial charge < -0.3 is 19.9 Å². The maximum absolute atomic E-state index is 11.7. The Balaban J connectivity index is 1.81. The standard InChI is InChI=1S/C17H24N4O3/c1-3-23-14-7-5-13(6-8-14)17-20-16(24-21-17)10-9-15(22)19-12-4-11-18-2/h5-8,18H,3-4,9-12H2,1-2H3,(H,19,22). The fourth-order valence-electron chi connectivity index (χ4n) is 2.14. The first kappa shape index (κ1) is 17.9. The molecule has 0 unspecified atom stereocenters.